The molecule has 2 amide bonds. The van der Waals surface area contributed by atoms with E-state index in [0.29, 0.717) is 0 Å². The summed E-state index contributed by atoms with van der Waals surface area (Å²) in [6.45, 7) is 8.16. The summed E-state index contributed by atoms with van der Waals surface area (Å²) in [5.41, 5.74) is 4.28. The second kappa shape index (κ2) is 8.32. The molecule has 0 atom stereocenters. The summed E-state index contributed by atoms with van der Waals surface area (Å²) < 4.78 is 12.9. The topological polar surface area (TPSA) is 35.6 Å². The standard InChI is InChI=1S/C21H26FN3O/c1-16-13-17(2)15-20(14-16)23-21(26)25-11-9-24(10-12-25)8-7-18-3-5-19(22)6-4-18/h3-6,13-15H,7-12H2,1-2H3,(H,23,26). The third-order valence-electron chi connectivity index (χ3n) is 4.76. The van der Waals surface area contributed by atoms with Crippen molar-refractivity contribution >= 4 is 11.7 Å². The molecule has 1 aliphatic heterocycles. The molecule has 138 valence electrons. The van der Waals surface area contributed by atoms with E-state index in [1.54, 1.807) is 0 Å². The Bertz CT molecular complexity index is 732. The summed E-state index contributed by atoms with van der Waals surface area (Å²) in [4.78, 5) is 16.7. The van der Waals surface area contributed by atoms with Crippen molar-refractivity contribution in [2.75, 3.05) is 38.0 Å². The number of anilines is 1. The number of aryl methyl sites for hydroxylation is 2. The Kier molecular flexibility index (Phi) is 5.89. The number of hydrogen-bond donors (Lipinski definition) is 1. The number of halogens is 1. The maximum absolute atomic E-state index is 12.9. The number of piperazine rings is 1. The molecule has 0 saturated carbocycles. The normalized spacial score (nSPS) is 15.1. The number of carbonyl (C=O) groups is 1. The van der Waals surface area contributed by atoms with Crippen molar-refractivity contribution in [3.05, 3.63) is 65.0 Å². The molecule has 0 unspecified atom stereocenters. The molecule has 1 heterocycles. The van der Waals surface area contributed by atoms with E-state index >= 15 is 0 Å². The first-order valence-corrected chi connectivity index (χ1v) is 9.10. The number of urea groups is 1. The van der Waals surface area contributed by atoms with Gasteiger partial charge >= 0.3 is 6.03 Å². The van der Waals surface area contributed by atoms with Crippen LogP contribution >= 0.6 is 0 Å². The third kappa shape index (κ3) is 5.05. The number of benzene rings is 2. The Balaban J connectivity index is 1.45. The molecule has 0 aliphatic carbocycles. The van der Waals surface area contributed by atoms with Gasteiger partial charge in [-0.15, -0.1) is 0 Å². The van der Waals surface area contributed by atoms with Crippen molar-refractivity contribution in [2.45, 2.75) is 20.3 Å². The van der Waals surface area contributed by atoms with Gasteiger partial charge in [-0.05, 0) is 61.2 Å². The van der Waals surface area contributed by atoms with Crippen LogP contribution in [-0.4, -0.2) is 48.6 Å². The van der Waals surface area contributed by atoms with Gasteiger partial charge in [-0.3, -0.25) is 4.90 Å². The summed E-state index contributed by atoms with van der Waals surface area (Å²) in [5.74, 6) is -0.197. The lowest BCUT2D eigenvalue weighted by Crippen LogP contribution is -2.50. The van der Waals surface area contributed by atoms with Gasteiger partial charge in [0.2, 0.25) is 0 Å². The van der Waals surface area contributed by atoms with Crippen molar-refractivity contribution in [3.8, 4) is 0 Å². The van der Waals surface area contributed by atoms with E-state index < -0.39 is 0 Å². The van der Waals surface area contributed by atoms with Gasteiger partial charge in [0.1, 0.15) is 5.82 Å². The highest BCUT2D eigenvalue weighted by atomic mass is 19.1. The van der Waals surface area contributed by atoms with E-state index in [1.807, 2.05) is 43.0 Å². The summed E-state index contributed by atoms with van der Waals surface area (Å²) in [6.07, 6.45) is 0.898. The maximum Gasteiger partial charge on any atom is 0.321 e. The molecule has 4 nitrogen and oxygen atoms in total. The first kappa shape index (κ1) is 18.4. The lowest BCUT2D eigenvalue weighted by atomic mass is 10.1. The molecule has 1 aliphatic rings. The Morgan fingerprint density at radius 1 is 1.00 bits per heavy atom. The van der Waals surface area contributed by atoms with Crippen molar-refractivity contribution in [1.29, 1.82) is 0 Å². The maximum atomic E-state index is 12.9. The molecule has 0 bridgehead atoms. The Morgan fingerprint density at radius 2 is 1.62 bits per heavy atom. The molecule has 5 heteroatoms. The van der Waals surface area contributed by atoms with E-state index in [-0.39, 0.29) is 11.8 Å². The van der Waals surface area contributed by atoms with Gasteiger partial charge in [-0.2, -0.15) is 0 Å². The Morgan fingerprint density at radius 3 is 2.23 bits per heavy atom. The fraction of sp³-hybridized carbons (Fsp3) is 0.381. The van der Waals surface area contributed by atoms with Crippen molar-refractivity contribution in [1.82, 2.24) is 9.80 Å². The highest BCUT2D eigenvalue weighted by Gasteiger charge is 2.21. The number of carbonyl (C=O) groups excluding carboxylic acids is 1. The number of rotatable bonds is 4. The minimum atomic E-state index is -0.197. The van der Waals surface area contributed by atoms with E-state index in [2.05, 4.69) is 16.3 Å². The molecular formula is C21H26FN3O. The van der Waals surface area contributed by atoms with Gasteiger partial charge in [0.05, 0.1) is 0 Å². The van der Waals surface area contributed by atoms with Crippen LogP contribution in [0.5, 0.6) is 0 Å². The molecule has 2 aromatic rings. The Hall–Kier alpha value is -2.40. The van der Waals surface area contributed by atoms with Crippen LogP contribution in [0.3, 0.4) is 0 Å². The first-order chi connectivity index (χ1) is 12.5. The summed E-state index contributed by atoms with van der Waals surface area (Å²) >= 11 is 0. The van der Waals surface area contributed by atoms with Gasteiger partial charge in [0.15, 0.2) is 0 Å². The second-order valence-electron chi connectivity index (χ2n) is 7.01. The van der Waals surface area contributed by atoms with Crippen LogP contribution in [0.1, 0.15) is 16.7 Å². The molecule has 1 N–H and O–H groups in total. The van der Waals surface area contributed by atoms with Crippen LogP contribution in [-0.2, 0) is 6.42 Å². The smallest absolute Gasteiger partial charge is 0.321 e. The molecule has 0 aromatic heterocycles. The number of nitrogens with zero attached hydrogens (tertiary/aromatic N) is 2. The fourth-order valence-corrected chi connectivity index (χ4v) is 3.36. The van der Waals surface area contributed by atoms with Crippen LogP contribution in [0.4, 0.5) is 14.9 Å². The number of nitrogens with one attached hydrogen (secondary N) is 1. The van der Waals surface area contributed by atoms with Crippen molar-refractivity contribution in [3.63, 3.8) is 0 Å². The van der Waals surface area contributed by atoms with Gasteiger partial charge in [0.25, 0.3) is 0 Å². The SMILES string of the molecule is Cc1cc(C)cc(NC(=O)N2CCN(CCc3ccc(F)cc3)CC2)c1. The predicted molar refractivity (Wildman–Crippen MR) is 103 cm³/mol. The lowest BCUT2D eigenvalue weighted by Gasteiger charge is -2.34. The van der Waals surface area contributed by atoms with E-state index in [4.69, 9.17) is 0 Å². The quantitative estimate of drug-likeness (QED) is 0.905. The van der Waals surface area contributed by atoms with Crippen molar-refractivity contribution < 1.29 is 9.18 Å². The molecule has 26 heavy (non-hydrogen) atoms. The molecule has 1 saturated heterocycles. The zero-order chi connectivity index (χ0) is 18.5. The van der Waals surface area contributed by atoms with Gasteiger partial charge < -0.3 is 10.2 Å². The average Bonchev–Trinajstić information content (AvgIpc) is 2.61. The van der Waals surface area contributed by atoms with E-state index in [1.165, 1.54) is 12.1 Å². The largest absolute Gasteiger partial charge is 0.322 e. The second-order valence-corrected chi connectivity index (χ2v) is 7.01. The zero-order valence-electron chi connectivity index (χ0n) is 15.5. The van der Waals surface area contributed by atoms with Gasteiger partial charge in [0, 0.05) is 38.4 Å². The molecular weight excluding hydrogens is 329 g/mol. The van der Waals surface area contributed by atoms with Gasteiger partial charge in [-0.1, -0.05) is 18.2 Å². The minimum Gasteiger partial charge on any atom is -0.322 e. The molecule has 0 radical (unpaired) electrons. The van der Waals surface area contributed by atoms with E-state index in [0.717, 1.165) is 61.5 Å². The van der Waals surface area contributed by atoms with Crippen LogP contribution in [0.15, 0.2) is 42.5 Å². The highest BCUT2D eigenvalue weighted by molar-refractivity contribution is 5.89. The minimum absolute atomic E-state index is 0.0341. The van der Waals surface area contributed by atoms with Gasteiger partial charge in [-0.25, -0.2) is 9.18 Å². The highest BCUT2D eigenvalue weighted by Crippen LogP contribution is 2.15. The summed E-state index contributed by atoms with van der Waals surface area (Å²) in [7, 11) is 0. The number of amides is 2. The predicted octanol–water partition coefficient (Wildman–Crippen LogP) is 3.83. The summed E-state index contributed by atoms with van der Waals surface area (Å²) in [5, 5.41) is 3.00. The van der Waals surface area contributed by atoms with E-state index in [9.17, 15) is 9.18 Å². The Labute approximate surface area is 154 Å². The summed E-state index contributed by atoms with van der Waals surface area (Å²) in [6, 6.07) is 12.7. The molecule has 1 fully saturated rings. The van der Waals surface area contributed by atoms with Crippen LogP contribution in [0.2, 0.25) is 0 Å². The van der Waals surface area contributed by atoms with Crippen LogP contribution < -0.4 is 5.32 Å². The first-order valence-electron chi connectivity index (χ1n) is 9.10. The number of hydrogen-bond acceptors (Lipinski definition) is 2. The monoisotopic (exact) mass is 355 g/mol. The van der Waals surface area contributed by atoms with Crippen LogP contribution in [0, 0.1) is 19.7 Å². The average molecular weight is 355 g/mol. The molecule has 3 rings (SSSR count). The van der Waals surface area contributed by atoms with Crippen LogP contribution in [0.25, 0.3) is 0 Å². The molecule has 0 spiro atoms. The zero-order valence-corrected chi connectivity index (χ0v) is 15.5. The van der Waals surface area contributed by atoms with Crippen molar-refractivity contribution in [2.24, 2.45) is 0 Å². The fourth-order valence-electron chi connectivity index (χ4n) is 3.36. The lowest BCUT2D eigenvalue weighted by molar-refractivity contribution is 0.148. The third-order valence-corrected chi connectivity index (χ3v) is 4.76. The molecule has 2 aromatic carbocycles.